The maximum Gasteiger partial charge on any atom is 0.223 e. The summed E-state index contributed by atoms with van der Waals surface area (Å²) in [6.07, 6.45) is 5.44. The smallest absolute Gasteiger partial charge is 0.223 e. The summed E-state index contributed by atoms with van der Waals surface area (Å²) in [7, 11) is 0. The number of carbonyl (C=O) groups is 1. The fourth-order valence-electron chi connectivity index (χ4n) is 2.31. The zero-order chi connectivity index (χ0) is 11.2. The highest BCUT2D eigenvalue weighted by molar-refractivity contribution is 5.79. The number of amides is 1. The molecule has 0 radical (unpaired) electrons. The molecule has 1 unspecified atom stereocenters. The lowest BCUT2D eigenvalue weighted by atomic mass is 9.92. The molecule has 2 rings (SSSR count). The standard InChI is InChI=1S/C14H19NO/c16-14-13(10-5-11-15-14)9-4-8-12-6-2-1-3-7-12/h1-3,6-7,13H,4-5,8-11H2,(H,15,16). The number of carbonyl (C=O) groups excluding carboxylic acids is 1. The minimum absolute atomic E-state index is 0.262. The quantitative estimate of drug-likeness (QED) is 0.825. The molecule has 1 aromatic rings. The zero-order valence-corrected chi connectivity index (χ0v) is 9.61. The second kappa shape index (κ2) is 5.69. The van der Waals surface area contributed by atoms with Crippen LogP contribution in [0, 0.1) is 5.92 Å². The maximum atomic E-state index is 11.5. The maximum absolute atomic E-state index is 11.5. The highest BCUT2D eigenvalue weighted by Crippen LogP contribution is 2.18. The van der Waals surface area contributed by atoms with E-state index in [9.17, 15) is 4.79 Å². The molecular formula is C14H19NO. The van der Waals surface area contributed by atoms with Crippen LogP contribution in [0.1, 0.15) is 31.2 Å². The van der Waals surface area contributed by atoms with Gasteiger partial charge in [0.1, 0.15) is 0 Å². The van der Waals surface area contributed by atoms with E-state index in [1.54, 1.807) is 0 Å². The predicted molar refractivity (Wildman–Crippen MR) is 65.1 cm³/mol. The van der Waals surface area contributed by atoms with Gasteiger partial charge in [0.2, 0.25) is 5.91 Å². The molecule has 1 N–H and O–H groups in total. The molecule has 16 heavy (non-hydrogen) atoms. The first kappa shape index (κ1) is 11.2. The molecule has 0 spiro atoms. The monoisotopic (exact) mass is 217 g/mol. The van der Waals surface area contributed by atoms with Crippen LogP contribution in [0.3, 0.4) is 0 Å². The summed E-state index contributed by atoms with van der Waals surface area (Å²) in [6.45, 7) is 0.869. The van der Waals surface area contributed by atoms with E-state index < -0.39 is 0 Å². The predicted octanol–water partition coefficient (Wildman–Crippen LogP) is 2.54. The van der Waals surface area contributed by atoms with Crippen molar-refractivity contribution in [1.29, 1.82) is 0 Å². The van der Waals surface area contributed by atoms with Gasteiger partial charge in [0.05, 0.1) is 0 Å². The zero-order valence-electron chi connectivity index (χ0n) is 9.61. The summed E-state index contributed by atoms with van der Waals surface area (Å²) in [4.78, 5) is 11.5. The molecule has 1 amide bonds. The Hall–Kier alpha value is -1.31. The molecule has 0 bridgehead atoms. The van der Waals surface area contributed by atoms with Crippen LogP contribution >= 0.6 is 0 Å². The van der Waals surface area contributed by atoms with Crippen LogP contribution < -0.4 is 5.32 Å². The summed E-state index contributed by atoms with van der Waals surface area (Å²) in [5.41, 5.74) is 1.37. The van der Waals surface area contributed by atoms with Crippen LogP contribution in [0.15, 0.2) is 30.3 Å². The Morgan fingerprint density at radius 3 is 2.81 bits per heavy atom. The normalized spacial score (nSPS) is 20.5. The summed E-state index contributed by atoms with van der Waals surface area (Å²) < 4.78 is 0. The third-order valence-corrected chi connectivity index (χ3v) is 3.26. The van der Waals surface area contributed by atoms with E-state index in [0.717, 1.165) is 38.6 Å². The van der Waals surface area contributed by atoms with Crippen LogP contribution in [0.5, 0.6) is 0 Å². The summed E-state index contributed by atoms with van der Waals surface area (Å²) >= 11 is 0. The van der Waals surface area contributed by atoms with Crippen LogP contribution in [0.25, 0.3) is 0 Å². The van der Waals surface area contributed by atoms with Crippen molar-refractivity contribution in [3.63, 3.8) is 0 Å². The van der Waals surface area contributed by atoms with Gasteiger partial charge < -0.3 is 5.32 Å². The van der Waals surface area contributed by atoms with Crippen molar-refractivity contribution in [1.82, 2.24) is 5.32 Å². The van der Waals surface area contributed by atoms with Crippen LogP contribution in [0.4, 0.5) is 0 Å². The van der Waals surface area contributed by atoms with Gasteiger partial charge in [-0.3, -0.25) is 4.79 Å². The minimum Gasteiger partial charge on any atom is -0.356 e. The molecule has 1 aromatic carbocycles. The number of hydrogen-bond donors (Lipinski definition) is 1. The fraction of sp³-hybridized carbons (Fsp3) is 0.500. The third kappa shape index (κ3) is 3.09. The van der Waals surface area contributed by atoms with E-state index in [0.29, 0.717) is 0 Å². The molecule has 0 aromatic heterocycles. The number of rotatable bonds is 4. The number of piperidine rings is 1. The van der Waals surface area contributed by atoms with Gasteiger partial charge >= 0.3 is 0 Å². The molecule has 1 heterocycles. The van der Waals surface area contributed by atoms with Crippen molar-refractivity contribution in [2.75, 3.05) is 6.54 Å². The average molecular weight is 217 g/mol. The van der Waals surface area contributed by atoms with Crippen molar-refractivity contribution in [2.45, 2.75) is 32.1 Å². The molecule has 1 atom stereocenters. The lowest BCUT2D eigenvalue weighted by Gasteiger charge is -2.21. The Morgan fingerprint density at radius 2 is 2.06 bits per heavy atom. The number of nitrogens with one attached hydrogen (secondary N) is 1. The largest absolute Gasteiger partial charge is 0.356 e. The van der Waals surface area contributed by atoms with Crippen molar-refractivity contribution in [2.24, 2.45) is 5.92 Å². The third-order valence-electron chi connectivity index (χ3n) is 3.26. The highest BCUT2D eigenvalue weighted by Gasteiger charge is 2.20. The lowest BCUT2D eigenvalue weighted by Crippen LogP contribution is -2.36. The highest BCUT2D eigenvalue weighted by atomic mass is 16.1. The minimum atomic E-state index is 0.262. The van der Waals surface area contributed by atoms with E-state index in [1.165, 1.54) is 5.56 Å². The Morgan fingerprint density at radius 1 is 1.25 bits per heavy atom. The topological polar surface area (TPSA) is 29.1 Å². The first-order valence-corrected chi connectivity index (χ1v) is 6.18. The second-order valence-corrected chi connectivity index (χ2v) is 4.51. The number of benzene rings is 1. The molecule has 2 nitrogen and oxygen atoms in total. The van der Waals surface area contributed by atoms with Crippen molar-refractivity contribution in [3.05, 3.63) is 35.9 Å². The summed E-state index contributed by atoms with van der Waals surface area (Å²) in [6, 6.07) is 10.5. The van der Waals surface area contributed by atoms with Crippen molar-refractivity contribution < 1.29 is 4.79 Å². The van der Waals surface area contributed by atoms with Gasteiger partial charge in [-0.05, 0) is 37.7 Å². The van der Waals surface area contributed by atoms with E-state index in [-0.39, 0.29) is 11.8 Å². The summed E-state index contributed by atoms with van der Waals surface area (Å²) in [5, 5.41) is 2.94. The molecule has 1 aliphatic rings. The van der Waals surface area contributed by atoms with Gasteiger partial charge in [0.25, 0.3) is 0 Å². The van der Waals surface area contributed by atoms with E-state index >= 15 is 0 Å². The van der Waals surface area contributed by atoms with Gasteiger partial charge in [-0.15, -0.1) is 0 Å². The molecule has 1 fully saturated rings. The lowest BCUT2D eigenvalue weighted by molar-refractivity contribution is -0.126. The van der Waals surface area contributed by atoms with E-state index in [1.807, 2.05) is 6.07 Å². The molecule has 1 aliphatic heterocycles. The van der Waals surface area contributed by atoms with Gasteiger partial charge in [-0.25, -0.2) is 0 Å². The molecule has 86 valence electrons. The van der Waals surface area contributed by atoms with Gasteiger partial charge in [0, 0.05) is 12.5 Å². The van der Waals surface area contributed by atoms with E-state index in [4.69, 9.17) is 0 Å². The van der Waals surface area contributed by atoms with Crippen LogP contribution in [-0.4, -0.2) is 12.5 Å². The average Bonchev–Trinajstić information content (AvgIpc) is 2.33. The van der Waals surface area contributed by atoms with Crippen LogP contribution in [-0.2, 0) is 11.2 Å². The SMILES string of the molecule is O=C1NCCCC1CCCc1ccccc1. The van der Waals surface area contributed by atoms with E-state index in [2.05, 4.69) is 29.6 Å². The molecular weight excluding hydrogens is 198 g/mol. The molecule has 2 heteroatoms. The van der Waals surface area contributed by atoms with Crippen molar-refractivity contribution in [3.8, 4) is 0 Å². The Labute approximate surface area is 97.1 Å². The van der Waals surface area contributed by atoms with Gasteiger partial charge in [0.15, 0.2) is 0 Å². The summed E-state index contributed by atoms with van der Waals surface area (Å²) in [5.74, 6) is 0.525. The second-order valence-electron chi connectivity index (χ2n) is 4.51. The Kier molecular flexibility index (Phi) is 3.97. The number of hydrogen-bond acceptors (Lipinski definition) is 1. The fourth-order valence-corrected chi connectivity index (χ4v) is 2.31. The van der Waals surface area contributed by atoms with Crippen molar-refractivity contribution >= 4 is 5.91 Å². The first-order chi connectivity index (χ1) is 7.86. The number of aryl methyl sites for hydroxylation is 1. The molecule has 0 saturated carbocycles. The van der Waals surface area contributed by atoms with Gasteiger partial charge in [-0.1, -0.05) is 30.3 Å². The van der Waals surface area contributed by atoms with Gasteiger partial charge in [-0.2, -0.15) is 0 Å². The molecule has 1 saturated heterocycles. The van der Waals surface area contributed by atoms with Crippen LogP contribution in [0.2, 0.25) is 0 Å². The Balaban J connectivity index is 1.73. The Bertz CT molecular complexity index is 334. The first-order valence-electron chi connectivity index (χ1n) is 6.18. The molecule has 0 aliphatic carbocycles.